The summed E-state index contributed by atoms with van der Waals surface area (Å²) < 4.78 is 0. The minimum Gasteiger partial charge on any atom is -0.366 e. The van der Waals surface area contributed by atoms with E-state index >= 15 is 0 Å². The molecule has 2 fully saturated rings. The van der Waals surface area contributed by atoms with Crippen LogP contribution in [0.1, 0.15) is 25.3 Å². The Morgan fingerprint density at radius 2 is 2.00 bits per heavy atom. The Bertz CT molecular complexity index is 891. The molecule has 1 aliphatic heterocycles. The third-order valence-electron chi connectivity index (χ3n) is 5.46. The van der Waals surface area contributed by atoms with Gasteiger partial charge in [0.1, 0.15) is 11.3 Å². The van der Waals surface area contributed by atoms with Crippen molar-refractivity contribution in [1.29, 1.82) is 0 Å². The van der Waals surface area contributed by atoms with Crippen LogP contribution in [-0.4, -0.2) is 57.8 Å². The molecule has 1 saturated carbocycles. The van der Waals surface area contributed by atoms with Gasteiger partial charge >= 0.3 is 0 Å². The fourth-order valence-electron chi connectivity index (χ4n) is 3.87. The topological polar surface area (TPSA) is 108 Å². The monoisotopic (exact) mass is 368 g/mol. The van der Waals surface area contributed by atoms with Crippen molar-refractivity contribution in [3.8, 4) is 0 Å². The summed E-state index contributed by atoms with van der Waals surface area (Å²) >= 11 is 0. The van der Waals surface area contributed by atoms with E-state index in [4.69, 9.17) is 10.7 Å². The van der Waals surface area contributed by atoms with E-state index in [9.17, 15) is 9.59 Å². The predicted octanol–water partition coefficient (Wildman–Crippen LogP) is 1.15. The van der Waals surface area contributed by atoms with Crippen LogP contribution in [0.15, 0.2) is 18.5 Å². The SMILES string of the molecule is CC1CC(C(=O)N2CCN(c3cnc4[nH]cc(/C=C/C(N)=O)c4n3)CC2)C1. The number of amides is 2. The smallest absolute Gasteiger partial charge is 0.241 e. The lowest BCUT2D eigenvalue weighted by molar-refractivity contribution is -0.140. The van der Waals surface area contributed by atoms with Crippen LogP contribution in [0.25, 0.3) is 17.2 Å². The molecule has 2 aromatic heterocycles. The van der Waals surface area contributed by atoms with E-state index in [1.807, 2.05) is 4.90 Å². The third kappa shape index (κ3) is 3.51. The average Bonchev–Trinajstić information content (AvgIpc) is 3.05. The van der Waals surface area contributed by atoms with Crippen molar-refractivity contribution >= 4 is 34.9 Å². The van der Waals surface area contributed by atoms with Gasteiger partial charge in [0.25, 0.3) is 0 Å². The molecule has 3 heterocycles. The normalized spacial score (nSPS) is 23.0. The molecule has 1 aliphatic carbocycles. The number of nitrogens with one attached hydrogen (secondary N) is 1. The highest BCUT2D eigenvalue weighted by Crippen LogP contribution is 2.34. The number of rotatable bonds is 4. The quantitative estimate of drug-likeness (QED) is 0.787. The molecule has 8 nitrogen and oxygen atoms in total. The number of nitrogens with zero attached hydrogens (tertiary/aromatic N) is 4. The lowest BCUT2D eigenvalue weighted by atomic mass is 9.75. The summed E-state index contributed by atoms with van der Waals surface area (Å²) in [5.74, 6) is 1.48. The molecule has 0 bridgehead atoms. The highest BCUT2D eigenvalue weighted by molar-refractivity contribution is 5.93. The van der Waals surface area contributed by atoms with Gasteiger partial charge in [0.2, 0.25) is 11.8 Å². The minimum atomic E-state index is -0.505. The molecule has 2 amide bonds. The molecule has 1 saturated heterocycles. The van der Waals surface area contributed by atoms with Gasteiger partial charge in [-0.3, -0.25) is 9.59 Å². The predicted molar refractivity (Wildman–Crippen MR) is 103 cm³/mol. The highest BCUT2D eigenvalue weighted by Gasteiger charge is 2.35. The number of hydrogen-bond acceptors (Lipinski definition) is 5. The van der Waals surface area contributed by atoms with Gasteiger partial charge in [0.15, 0.2) is 5.65 Å². The fraction of sp³-hybridized carbons (Fsp3) is 0.474. The second-order valence-corrected chi connectivity index (χ2v) is 7.49. The van der Waals surface area contributed by atoms with Crippen molar-refractivity contribution in [2.75, 3.05) is 31.1 Å². The number of piperazine rings is 1. The first-order valence-corrected chi connectivity index (χ1v) is 9.36. The summed E-state index contributed by atoms with van der Waals surface area (Å²) in [6.07, 6.45) is 8.49. The van der Waals surface area contributed by atoms with Crippen LogP contribution in [0.3, 0.4) is 0 Å². The summed E-state index contributed by atoms with van der Waals surface area (Å²) in [6.45, 7) is 5.11. The van der Waals surface area contributed by atoms with E-state index in [0.717, 1.165) is 37.3 Å². The van der Waals surface area contributed by atoms with Crippen molar-refractivity contribution < 1.29 is 9.59 Å². The van der Waals surface area contributed by atoms with Gasteiger partial charge in [-0.2, -0.15) is 0 Å². The Kier molecular flexibility index (Phi) is 4.55. The molecule has 0 unspecified atom stereocenters. The molecule has 2 aliphatic rings. The molecule has 142 valence electrons. The number of H-pyrrole nitrogens is 1. The molecule has 0 aromatic carbocycles. The Labute approximate surface area is 157 Å². The fourth-order valence-corrected chi connectivity index (χ4v) is 3.87. The van der Waals surface area contributed by atoms with E-state index in [-0.39, 0.29) is 5.92 Å². The van der Waals surface area contributed by atoms with Crippen LogP contribution >= 0.6 is 0 Å². The van der Waals surface area contributed by atoms with Gasteiger partial charge < -0.3 is 20.5 Å². The number of aromatic amines is 1. The number of fused-ring (bicyclic) bond motifs is 1. The molecule has 0 radical (unpaired) electrons. The largest absolute Gasteiger partial charge is 0.366 e. The van der Waals surface area contributed by atoms with E-state index in [2.05, 4.69) is 21.8 Å². The number of nitrogens with two attached hydrogens (primary N) is 1. The van der Waals surface area contributed by atoms with Crippen LogP contribution in [-0.2, 0) is 9.59 Å². The Morgan fingerprint density at radius 1 is 1.26 bits per heavy atom. The van der Waals surface area contributed by atoms with Crippen LogP contribution < -0.4 is 10.6 Å². The maximum Gasteiger partial charge on any atom is 0.241 e. The molecule has 3 N–H and O–H groups in total. The summed E-state index contributed by atoms with van der Waals surface area (Å²) in [5.41, 5.74) is 7.30. The Morgan fingerprint density at radius 3 is 2.67 bits per heavy atom. The Balaban J connectivity index is 1.45. The summed E-state index contributed by atoms with van der Waals surface area (Å²) in [7, 11) is 0. The maximum absolute atomic E-state index is 12.5. The lowest BCUT2D eigenvalue weighted by Crippen LogP contribution is -2.52. The molecule has 27 heavy (non-hydrogen) atoms. The summed E-state index contributed by atoms with van der Waals surface area (Å²) in [6, 6.07) is 0. The van der Waals surface area contributed by atoms with Gasteiger partial charge in [-0.15, -0.1) is 0 Å². The number of anilines is 1. The minimum absolute atomic E-state index is 0.224. The van der Waals surface area contributed by atoms with E-state index < -0.39 is 5.91 Å². The van der Waals surface area contributed by atoms with Gasteiger partial charge in [0, 0.05) is 49.9 Å². The number of primary amides is 1. The molecular weight excluding hydrogens is 344 g/mol. The van der Waals surface area contributed by atoms with Crippen molar-refractivity contribution in [1.82, 2.24) is 19.9 Å². The first-order valence-electron chi connectivity index (χ1n) is 9.36. The molecular formula is C19H24N6O2. The third-order valence-corrected chi connectivity index (χ3v) is 5.46. The zero-order chi connectivity index (χ0) is 19.0. The van der Waals surface area contributed by atoms with Gasteiger partial charge in [-0.1, -0.05) is 6.92 Å². The van der Waals surface area contributed by atoms with Crippen molar-refractivity contribution in [2.45, 2.75) is 19.8 Å². The number of carbonyl (C=O) groups is 2. The van der Waals surface area contributed by atoms with Crippen LogP contribution in [0.2, 0.25) is 0 Å². The second kappa shape index (κ2) is 7.02. The van der Waals surface area contributed by atoms with E-state index in [0.29, 0.717) is 36.1 Å². The first-order chi connectivity index (χ1) is 13.0. The zero-order valence-electron chi connectivity index (χ0n) is 15.4. The van der Waals surface area contributed by atoms with Gasteiger partial charge in [-0.05, 0) is 24.8 Å². The number of hydrogen-bond donors (Lipinski definition) is 2. The lowest BCUT2D eigenvalue weighted by Gasteiger charge is -2.40. The number of carbonyl (C=O) groups excluding carboxylic acids is 2. The standard InChI is InChI=1S/C19H24N6O2/c1-12-8-14(9-12)19(27)25-6-4-24(5-7-25)16-11-22-18-17(23-16)13(10-21-18)2-3-15(20)26/h2-3,10-12,14H,4-9H2,1H3,(H2,20,26)(H,21,22)/b3-2+. The van der Waals surface area contributed by atoms with Crippen LogP contribution in [0.5, 0.6) is 0 Å². The molecule has 2 aromatic rings. The summed E-state index contributed by atoms with van der Waals surface area (Å²) in [5, 5.41) is 0. The second-order valence-electron chi connectivity index (χ2n) is 7.49. The summed E-state index contributed by atoms with van der Waals surface area (Å²) in [4.78, 5) is 39.8. The van der Waals surface area contributed by atoms with Crippen LogP contribution in [0.4, 0.5) is 5.82 Å². The van der Waals surface area contributed by atoms with E-state index in [1.165, 1.54) is 6.08 Å². The van der Waals surface area contributed by atoms with Crippen LogP contribution in [0, 0.1) is 11.8 Å². The van der Waals surface area contributed by atoms with Crippen molar-refractivity contribution in [3.63, 3.8) is 0 Å². The highest BCUT2D eigenvalue weighted by atomic mass is 16.2. The van der Waals surface area contributed by atoms with E-state index in [1.54, 1.807) is 18.5 Å². The average molecular weight is 368 g/mol. The maximum atomic E-state index is 12.5. The molecule has 0 spiro atoms. The van der Waals surface area contributed by atoms with Crippen molar-refractivity contribution in [3.05, 3.63) is 24.0 Å². The molecule has 0 atom stereocenters. The van der Waals surface area contributed by atoms with Gasteiger partial charge in [0.05, 0.1) is 6.20 Å². The Hall–Kier alpha value is -2.90. The van der Waals surface area contributed by atoms with Gasteiger partial charge in [-0.25, -0.2) is 9.97 Å². The van der Waals surface area contributed by atoms with Crippen molar-refractivity contribution in [2.24, 2.45) is 17.6 Å². The molecule has 8 heteroatoms. The number of aromatic nitrogens is 3. The zero-order valence-corrected chi connectivity index (χ0v) is 15.4. The molecule has 4 rings (SSSR count). The first kappa shape index (κ1) is 17.5.